The number of ketones is 1. The van der Waals surface area contributed by atoms with Gasteiger partial charge in [-0.15, -0.1) is 0 Å². The minimum absolute atomic E-state index is 0.134. The Morgan fingerprint density at radius 1 is 1.33 bits per heavy atom. The largest absolute Gasteiger partial charge is 0.452 e. The Bertz CT molecular complexity index is 434. The monoisotopic (exact) mass is 361 g/mol. The third-order valence-electron chi connectivity index (χ3n) is 2.55. The van der Waals surface area contributed by atoms with Gasteiger partial charge >= 0.3 is 6.09 Å². The maximum atomic E-state index is 11.8. The zero-order chi connectivity index (χ0) is 13.5. The van der Waals surface area contributed by atoms with Crippen molar-refractivity contribution in [3.05, 3.63) is 27.8 Å². The van der Waals surface area contributed by atoms with E-state index in [0.717, 1.165) is 9.26 Å². The highest BCUT2D eigenvalue weighted by Gasteiger charge is 2.18. The van der Waals surface area contributed by atoms with Gasteiger partial charge < -0.3 is 4.74 Å². The highest BCUT2D eigenvalue weighted by Crippen LogP contribution is 2.23. The summed E-state index contributed by atoms with van der Waals surface area (Å²) in [6, 6.07) is 7.51. The number of rotatable bonds is 5. The topological polar surface area (TPSA) is 46.6 Å². The second-order valence-corrected chi connectivity index (χ2v) is 4.88. The molecule has 0 fully saturated rings. The number of carbonyl (C=O) groups excluding carboxylic acids is 2. The van der Waals surface area contributed by atoms with Crippen LogP contribution in [0.15, 0.2) is 24.3 Å². The Morgan fingerprint density at radius 3 is 2.56 bits per heavy atom. The molecule has 0 aromatic heterocycles. The van der Waals surface area contributed by atoms with E-state index in [1.807, 2.05) is 31.2 Å². The fourth-order valence-corrected chi connectivity index (χ4v) is 2.18. The summed E-state index contributed by atoms with van der Waals surface area (Å²) in [7, 11) is 1.34. The van der Waals surface area contributed by atoms with Gasteiger partial charge in [0, 0.05) is 23.0 Å². The van der Waals surface area contributed by atoms with Crippen LogP contribution in [0.5, 0.6) is 0 Å². The van der Waals surface area contributed by atoms with Crippen LogP contribution in [0.25, 0.3) is 0 Å². The van der Waals surface area contributed by atoms with E-state index in [0.29, 0.717) is 19.4 Å². The molecule has 4 nitrogen and oxygen atoms in total. The van der Waals surface area contributed by atoms with E-state index < -0.39 is 6.09 Å². The third-order valence-corrected chi connectivity index (χ3v) is 3.46. The second kappa shape index (κ2) is 7.35. The minimum Gasteiger partial charge on any atom is -0.452 e. The molecule has 18 heavy (non-hydrogen) atoms. The van der Waals surface area contributed by atoms with Crippen LogP contribution in [0.2, 0.25) is 0 Å². The average molecular weight is 361 g/mol. The van der Waals surface area contributed by atoms with Gasteiger partial charge in [-0.3, -0.25) is 9.69 Å². The summed E-state index contributed by atoms with van der Waals surface area (Å²) in [5.41, 5.74) is 0.772. The molecule has 0 saturated heterocycles. The van der Waals surface area contributed by atoms with Crippen LogP contribution < -0.4 is 4.90 Å². The van der Waals surface area contributed by atoms with E-state index in [1.54, 1.807) is 0 Å². The molecule has 0 bridgehead atoms. The number of carbonyl (C=O) groups is 2. The first-order valence-electron chi connectivity index (χ1n) is 5.71. The predicted molar refractivity (Wildman–Crippen MR) is 78.8 cm³/mol. The van der Waals surface area contributed by atoms with E-state index in [9.17, 15) is 9.59 Å². The zero-order valence-corrected chi connectivity index (χ0v) is 12.6. The lowest BCUT2D eigenvalue weighted by Gasteiger charge is -2.22. The number of methoxy groups -OCH3 is 1. The quantitative estimate of drug-likeness (QED) is 0.757. The molecule has 1 aromatic carbocycles. The molecule has 0 spiro atoms. The van der Waals surface area contributed by atoms with Crippen molar-refractivity contribution in [2.75, 3.05) is 18.6 Å². The Labute approximate surface area is 120 Å². The molecule has 0 aliphatic heterocycles. The van der Waals surface area contributed by atoms with Crippen LogP contribution in [0, 0.1) is 3.57 Å². The lowest BCUT2D eigenvalue weighted by atomic mass is 10.2. The summed E-state index contributed by atoms with van der Waals surface area (Å²) in [4.78, 5) is 24.6. The fourth-order valence-electron chi connectivity index (χ4n) is 1.50. The molecule has 1 amide bonds. The Balaban J connectivity index is 2.89. The normalized spacial score (nSPS) is 9.94. The Kier molecular flexibility index (Phi) is 6.11. The van der Waals surface area contributed by atoms with Gasteiger partial charge in [0.2, 0.25) is 0 Å². The number of Topliss-reactive ketones (excluding diaryl/α,β-unsaturated/α-hetero) is 1. The van der Waals surface area contributed by atoms with Crippen LogP contribution in [0.3, 0.4) is 0 Å². The molecule has 0 saturated carbocycles. The predicted octanol–water partition coefficient (Wildman–Crippen LogP) is 3.23. The smallest absolute Gasteiger partial charge is 0.414 e. The van der Waals surface area contributed by atoms with Gasteiger partial charge in [-0.25, -0.2) is 4.79 Å². The highest BCUT2D eigenvalue weighted by atomic mass is 127. The molecule has 0 unspecified atom stereocenters. The first-order valence-corrected chi connectivity index (χ1v) is 6.79. The summed E-state index contributed by atoms with van der Waals surface area (Å²) in [5, 5.41) is 0. The lowest BCUT2D eigenvalue weighted by Crippen LogP contribution is -2.33. The second-order valence-electron chi connectivity index (χ2n) is 3.72. The number of ether oxygens (including phenoxy) is 1. The standard InChI is InChI=1S/C13H16INO3/c1-3-10(16)8-9-15(13(17)18-2)12-7-5-4-6-11(12)14/h4-7H,3,8-9H2,1-2H3. The highest BCUT2D eigenvalue weighted by molar-refractivity contribution is 14.1. The number of hydrogen-bond acceptors (Lipinski definition) is 3. The summed E-state index contributed by atoms with van der Waals surface area (Å²) in [6.45, 7) is 2.16. The van der Waals surface area contributed by atoms with E-state index in [-0.39, 0.29) is 5.78 Å². The minimum atomic E-state index is -0.442. The molecule has 5 heteroatoms. The maximum Gasteiger partial charge on any atom is 0.414 e. The van der Waals surface area contributed by atoms with Gasteiger partial charge in [0.05, 0.1) is 12.8 Å². The van der Waals surface area contributed by atoms with Crippen molar-refractivity contribution in [1.82, 2.24) is 0 Å². The molecular formula is C13H16INO3. The van der Waals surface area contributed by atoms with Crippen molar-refractivity contribution in [3.8, 4) is 0 Å². The van der Waals surface area contributed by atoms with Gasteiger partial charge in [0.1, 0.15) is 5.78 Å². The third kappa shape index (κ3) is 3.97. The van der Waals surface area contributed by atoms with Crippen molar-refractivity contribution >= 4 is 40.2 Å². The number of benzene rings is 1. The van der Waals surface area contributed by atoms with Crippen molar-refractivity contribution in [2.24, 2.45) is 0 Å². The SMILES string of the molecule is CCC(=O)CCN(C(=O)OC)c1ccccc1I. The van der Waals surface area contributed by atoms with Crippen LogP contribution in [-0.4, -0.2) is 25.5 Å². The van der Waals surface area contributed by atoms with E-state index >= 15 is 0 Å². The number of para-hydroxylation sites is 1. The molecule has 1 rings (SSSR count). The van der Waals surface area contributed by atoms with Gasteiger partial charge in [-0.05, 0) is 34.7 Å². The van der Waals surface area contributed by atoms with E-state index in [2.05, 4.69) is 22.6 Å². The Morgan fingerprint density at radius 2 is 2.00 bits per heavy atom. The maximum absolute atomic E-state index is 11.8. The molecule has 0 atom stereocenters. The molecule has 0 radical (unpaired) electrons. The lowest BCUT2D eigenvalue weighted by molar-refractivity contribution is -0.118. The van der Waals surface area contributed by atoms with E-state index in [1.165, 1.54) is 12.0 Å². The number of anilines is 1. The van der Waals surface area contributed by atoms with Crippen LogP contribution in [0.4, 0.5) is 10.5 Å². The molecule has 98 valence electrons. The summed E-state index contributed by atoms with van der Waals surface area (Å²) < 4.78 is 5.71. The molecule has 0 aliphatic carbocycles. The zero-order valence-electron chi connectivity index (χ0n) is 10.5. The first-order chi connectivity index (χ1) is 8.60. The van der Waals surface area contributed by atoms with Gasteiger partial charge in [0.15, 0.2) is 0 Å². The van der Waals surface area contributed by atoms with Crippen molar-refractivity contribution in [1.29, 1.82) is 0 Å². The molecule has 1 aromatic rings. The summed E-state index contributed by atoms with van der Waals surface area (Å²) in [5.74, 6) is 0.134. The average Bonchev–Trinajstić information content (AvgIpc) is 2.40. The van der Waals surface area contributed by atoms with Crippen LogP contribution in [-0.2, 0) is 9.53 Å². The Hall–Kier alpha value is -1.11. The first kappa shape index (κ1) is 14.9. The van der Waals surface area contributed by atoms with Crippen molar-refractivity contribution < 1.29 is 14.3 Å². The number of amides is 1. The summed E-state index contributed by atoms with van der Waals surface area (Å²) >= 11 is 2.16. The van der Waals surface area contributed by atoms with Gasteiger partial charge in [-0.1, -0.05) is 19.1 Å². The van der Waals surface area contributed by atoms with Crippen LogP contribution >= 0.6 is 22.6 Å². The van der Waals surface area contributed by atoms with Crippen LogP contribution in [0.1, 0.15) is 19.8 Å². The van der Waals surface area contributed by atoms with Gasteiger partial charge in [-0.2, -0.15) is 0 Å². The molecule has 0 N–H and O–H groups in total. The fraction of sp³-hybridized carbons (Fsp3) is 0.385. The van der Waals surface area contributed by atoms with Crippen molar-refractivity contribution in [3.63, 3.8) is 0 Å². The molecular weight excluding hydrogens is 345 g/mol. The number of hydrogen-bond donors (Lipinski definition) is 0. The summed E-state index contributed by atoms with van der Waals surface area (Å²) in [6.07, 6.45) is 0.389. The number of nitrogens with zero attached hydrogens (tertiary/aromatic N) is 1. The van der Waals surface area contributed by atoms with E-state index in [4.69, 9.17) is 4.74 Å². The van der Waals surface area contributed by atoms with Gasteiger partial charge in [0.25, 0.3) is 0 Å². The number of halogens is 1. The molecule has 0 heterocycles. The van der Waals surface area contributed by atoms with Crippen molar-refractivity contribution in [2.45, 2.75) is 19.8 Å². The molecule has 0 aliphatic rings.